The third-order valence-corrected chi connectivity index (χ3v) is 2.76. The fraction of sp³-hybridized carbons (Fsp3) is 0.545. The highest BCUT2D eigenvalue weighted by atomic mass is 19.4. The normalized spacial score (nSPS) is 22.8. The SMILES string of the molecule is NC(c1cnccc1C(F)(F)F)C1COCCO1. The number of hydrogen-bond acceptors (Lipinski definition) is 4. The van der Waals surface area contributed by atoms with Gasteiger partial charge in [0, 0.05) is 18.0 Å². The van der Waals surface area contributed by atoms with Gasteiger partial charge >= 0.3 is 6.18 Å². The molecule has 0 aromatic carbocycles. The summed E-state index contributed by atoms with van der Waals surface area (Å²) < 4.78 is 48.9. The quantitative estimate of drug-likeness (QED) is 0.877. The first kappa shape index (κ1) is 13.3. The van der Waals surface area contributed by atoms with E-state index in [-0.39, 0.29) is 12.2 Å². The molecule has 7 heteroatoms. The van der Waals surface area contributed by atoms with Crippen LogP contribution in [0.25, 0.3) is 0 Å². The van der Waals surface area contributed by atoms with Gasteiger partial charge in [0.25, 0.3) is 0 Å². The van der Waals surface area contributed by atoms with Crippen LogP contribution in [0.15, 0.2) is 18.5 Å². The number of nitrogens with zero attached hydrogens (tertiary/aromatic N) is 1. The van der Waals surface area contributed by atoms with Crippen molar-refractivity contribution in [1.29, 1.82) is 0 Å². The molecule has 1 fully saturated rings. The van der Waals surface area contributed by atoms with E-state index in [9.17, 15) is 13.2 Å². The lowest BCUT2D eigenvalue weighted by Gasteiger charge is -2.29. The lowest BCUT2D eigenvalue weighted by atomic mass is 9.98. The van der Waals surface area contributed by atoms with Gasteiger partial charge in [0.15, 0.2) is 0 Å². The molecule has 0 saturated carbocycles. The van der Waals surface area contributed by atoms with Crippen LogP contribution >= 0.6 is 0 Å². The van der Waals surface area contributed by atoms with E-state index in [4.69, 9.17) is 15.2 Å². The third kappa shape index (κ3) is 2.80. The van der Waals surface area contributed by atoms with E-state index >= 15 is 0 Å². The zero-order valence-corrected chi connectivity index (χ0v) is 9.48. The molecule has 2 rings (SSSR count). The molecule has 4 nitrogen and oxygen atoms in total. The fourth-order valence-corrected chi connectivity index (χ4v) is 1.84. The second-order valence-corrected chi connectivity index (χ2v) is 3.97. The molecule has 1 saturated heterocycles. The van der Waals surface area contributed by atoms with Crippen LogP contribution in [-0.4, -0.2) is 30.9 Å². The molecule has 0 radical (unpaired) electrons. The van der Waals surface area contributed by atoms with E-state index in [1.807, 2.05) is 0 Å². The Kier molecular flexibility index (Phi) is 3.84. The Bertz CT molecular complexity index is 406. The topological polar surface area (TPSA) is 57.4 Å². The number of nitrogens with two attached hydrogens (primary N) is 1. The van der Waals surface area contributed by atoms with Crippen LogP contribution in [0.1, 0.15) is 17.2 Å². The maximum Gasteiger partial charge on any atom is 0.416 e. The highest BCUT2D eigenvalue weighted by molar-refractivity contribution is 5.29. The molecule has 0 amide bonds. The number of ether oxygens (including phenoxy) is 2. The third-order valence-electron chi connectivity index (χ3n) is 2.76. The Morgan fingerprint density at radius 3 is 2.78 bits per heavy atom. The molecule has 1 aliphatic rings. The fourth-order valence-electron chi connectivity index (χ4n) is 1.84. The minimum atomic E-state index is -4.45. The van der Waals surface area contributed by atoms with E-state index in [0.717, 1.165) is 18.5 Å². The summed E-state index contributed by atoms with van der Waals surface area (Å²) in [6.07, 6.45) is -2.81. The van der Waals surface area contributed by atoms with Crippen LogP contribution < -0.4 is 5.73 Å². The number of aromatic nitrogens is 1. The van der Waals surface area contributed by atoms with Gasteiger partial charge in [0.2, 0.25) is 0 Å². The summed E-state index contributed by atoms with van der Waals surface area (Å²) in [5.41, 5.74) is 4.97. The summed E-state index contributed by atoms with van der Waals surface area (Å²) in [7, 11) is 0. The highest BCUT2D eigenvalue weighted by Crippen LogP contribution is 2.34. The first-order valence-corrected chi connectivity index (χ1v) is 5.46. The molecular weight excluding hydrogens is 249 g/mol. The van der Waals surface area contributed by atoms with Crippen molar-refractivity contribution in [2.75, 3.05) is 19.8 Å². The predicted molar refractivity (Wildman–Crippen MR) is 56.7 cm³/mol. The van der Waals surface area contributed by atoms with Crippen molar-refractivity contribution >= 4 is 0 Å². The number of halogens is 3. The molecular formula is C11H13F3N2O2. The monoisotopic (exact) mass is 262 g/mol. The Hall–Kier alpha value is -1.18. The van der Waals surface area contributed by atoms with E-state index < -0.39 is 23.9 Å². The summed E-state index contributed by atoms with van der Waals surface area (Å²) >= 11 is 0. The molecule has 2 N–H and O–H groups in total. The Balaban J connectivity index is 2.26. The van der Waals surface area contributed by atoms with Crippen molar-refractivity contribution in [3.05, 3.63) is 29.6 Å². The van der Waals surface area contributed by atoms with Crippen molar-refractivity contribution in [3.8, 4) is 0 Å². The van der Waals surface area contributed by atoms with Crippen LogP contribution in [0.4, 0.5) is 13.2 Å². The zero-order chi connectivity index (χ0) is 13.2. The molecule has 100 valence electrons. The molecule has 1 aromatic rings. The second-order valence-electron chi connectivity index (χ2n) is 3.97. The maximum absolute atomic E-state index is 12.8. The van der Waals surface area contributed by atoms with E-state index in [0.29, 0.717) is 13.2 Å². The molecule has 1 aromatic heterocycles. The standard InChI is InChI=1S/C11H13F3N2O2/c12-11(13,14)8-1-2-16-5-7(8)10(15)9-6-17-3-4-18-9/h1-2,5,9-10H,3-4,6,15H2. The average Bonchev–Trinajstić information content (AvgIpc) is 2.38. The van der Waals surface area contributed by atoms with Crippen LogP contribution in [0.3, 0.4) is 0 Å². The Morgan fingerprint density at radius 1 is 1.39 bits per heavy atom. The number of alkyl halides is 3. The summed E-state index contributed by atoms with van der Waals surface area (Å²) in [5.74, 6) is 0. The van der Waals surface area contributed by atoms with Crippen LogP contribution in [-0.2, 0) is 15.7 Å². The number of pyridine rings is 1. The van der Waals surface area contributed by atoms with Crippen LogP contribution in [0, 0.1) is 0 Å². The minimum Gasteiger partial charge on any atom is -0.376 e. The molecule has 18 heavy (non-hydrogen) atoms. The Morgan fingerprint density at radius 2 is 2.17 bits per heavy atom. The molecule has 0 aliphatic carbocycles. The van der Waals surface area contributed by atoms with Gasteiger partial charge in [-0.3, -0.25) is 4.98 Å². The van der Waals surface area contributed by atoms with Crippen LogP contribution in [0.2, 0.25) is 0 Å². The first-order valence-electron chi connectivity index (χ1n) is 5.46. The van der Waals surface area contributed by atoms with Gasteiger partial charge in [-0.1, -0.05) is 0 Å². The maximum atomic E-state index is 12.8. The van der Waals surface area contributed by atoms with Gasteiger partial charge in [-0.2, -0.15) is 13.2 Å². The van der Waals surface area contributed by atoms with Gasteiger partial charge in [-0.05, 0) is 6.07 Å². The molecule has 1 aliphatic heterocycles. The molecule has 2 unspecified atom stereocenters. The van der Waals surface area contributed by atoms with Gasteiger partial charge in [0.05, 0.1) is 31.4 Å². The zero-order valence-electron chi connectivity index (χ0n) is 9.48. The highest BCUT2D eigenvalue weighted by Gasteiger charge is 2.36. The van der Waals surface area contributed by atoms with Crippen LogP contribution in [0.5, 0.6) is 0 Å². The largest absolute Gasteiger partial charge is 0.416 e. The lowest BCUT2D eigenvalue weighted by Crippen LogP contribution is -2.38. The minimum absolute atomic E-state index is 0.0690. The van der Waals surface area contributed by atoms with Crippen molar-refractivity contribution in [2.24, 2.45) is 5.73 Å². The Labute approximate surface area is 102 Å². The average molecular weight is 262 g/mol. The first-order chi connectivity index (χ1) is 8.50. The molecule has 2 heterocycles. The molecule has 2 atom stereocenters. The molecule has 0 bridgehead atoms. The molecule has 0 spiro atoms. The van der Waals surface area contributed by atoms with Crippen molar-refractivity contribution in [1.82, 2.24) is 4.98 Å². The van der Waals surface area contributed by atoms with Gasteiger partial charge < -0.3 is 15.2 Å². The van der Waals surface area contributed by atoms with E-state index in [1.165, 1.54) is 0 Å². The van der Waals surface area contributed by atoms with Gasteiger partial charge in [0.1, 0.15) is 6.10 Å². The lowest BCUT2D eigenvalue weighted by molar-refractivity contribution is -0.139. The van der Waals surface area contributed by atoms with Crippen molar-refractivity contribution in [2.45, 2.75) is 18.3 Å². The van der Waals surface area contributed by atoms with Crippen molar-refractivity contribution < 1.29 is 22.6 Å². The van der Waals surface area contributed by atoms with E-state index in [2.05, 4.69) is 4.98 Å². The van der Waals surface area contributed by atoms with E-state index in [1.54, 1.807) is 0 Å². The van der Waals surface area contributed by atoms with Gasteiger partial charge in [-0.25, -0.2) is 0 Å². The van der Waals surface area contributed by atoms with Crippen molar-refractivity contribution in [3.63, 3.8) is 0 Å². The smallest absolute Gasteiger partial charge is 0.376 e. The number of rotatable bonds is 2. The van der Waals surface area contributed by atoms with Gasteiger partial charge in [-0.15, -0.1) is 0 Å². The number of hydrogen-bond donors (Lipinski definition) is 1. The predicted octanol–water partition coefficient (Wildman–Crippen LogP) is 1.52. The summed E-state index contributed by atoms with van der Waals surface area (Å²) in [5, 5.41) is 0. The summed E-state index contributed by atoms with van der Waals surface area (Å²) in [4.78, 5) is 3.70. The summed E-state index contributed by atoms with van der Waals surface area (Å²) in [6.45, 7) is 0.954. The second kappa shape index (κ2) is 5.21. The summed E-state index contributed by atoms with van der Waals surface area (Å²) in [6, 6.07) is 0.00872.